The van der Waals surface area contributed by atoms with Crippen LogP contribution in [0.3, 0.4) is 0 Å². The van der Waals surface area contributed by atoms with Gasteiger partial charge in [0.1, 0.15) is 0 Å². The first-order chi connectivity index (χ1) is 11.2. The number of carbonyl (C=O) groups excluding carboxylic acids is 1. The molecular weight excluding hydrogens is 310 g/mol. The van der Waals surface area contributed by atoms with E-state index in [1.807, 2.05) is 24.3 Å². The van der Waals surface area contributed by atoms with E-state index in [1.54, 1.807) is 12.2 Å². The first-order valence-corrected chi connectivity index (χ1v) is 8.71. The van der Waals surface area contributed by atoms with Gasteiger partial charge in [0.25, 0.3) is 0 Å². The molecule has 0 aliphatic carbocycles. The normalized spacial score (nSPS) is 16.8. The van der Waals surface area contributed by atoms with Gasteiger partial charge < -0.3 is 15.1 Å². The molecule has 0 atom stereocenters. The van der Waals surface area contributed by atoms with Crippen molar-refractivity contribution in [3.63, 3.8) is 0 Å². The van der Waals surface area contributed by atoms with Gasteiger partial charge in [-0.05, 0) is 43.3 Å². The van der Waals surface area contributed by atoms with Crippen LogP contribution in [0.15, 0.2) is 30.3 Å². The molecule has 4 nitrogen and oxygen atoms in total. The number of hydrogen-bond acceptors (Lipinski definition) is 3. The number of nitrogens with one attached hydrogen (secondary N) is 1. The third-order valence-corrected chi connectivity index (χ3v) is 4.41. The van der Waals surface area contributed by atoms with E-state index in [2.05, 4.69) is 22.0 Å². The Labute approximate surface area is 144 Å². The Kier molecular flexibility index (Phi) is 7.59. The maximum absolute atomic E-state index is 11.8. The standard InChI is InChI=1S/C18H26ClN3O/c1-2-21-12-14-22(15-13-21)11-3-10-20-18(23)9-6-16-4-7-17(19)8-5-16/h4-9H,2-3,10-15H2,1H3,(H,20,23)/b9-6+. The van der Waals surface area contributed by atoms with Crippen LogP contribution in [0.25, 0.3) is 6.08 Å². The highest BCUT2D eigenvalue weighted by molar-refractivity contribution is 6.30. The second kappa shape index (κ2) is 9.71. The van der Waals surface area contributed by atoms with E-state index in [0.717, 1.165) is 57.8 Å². The lowest BCUT2D eigenvalue weighted by atomic mass is 10.2. The number of nitrogens with zero attached hydrogens (tertiary/aromatic N) is 2. The Morgan fingerprint density at radius 3 is 2.48 bits per heavy atom. The number of carbonyl (C=O) groups is 1. The minimum atomic E-state index is -0.0456. The van der Waals surface area contributed by atoms with Crippen molar-refractivity contribution in [1.82, 2.24) is 15.1 Å². The molecule has 1 amide bonds. The van der Waals surface area contributed by atoms with Gasteiger partial charge in [0.2, 0.25) is 5.91 Å². The second-order valence-electron chi connectivity index (χ2n) is 5.81. The van der Waals surface area contributed by atoms with Crippen LogP contribution in [0.2, 0.25) is 5.02 Å². The van der Waals surface area contributed by atoms with Crippen LogP contribution in [0.4, 0.5) is 0 Å². The fraction of sp³-hybridized carbons (Fsp3) is 0.500. The quantitative estimate of drug-likeness (QED) is 0.614. The predicted octanol–water partition coefficient (Wildman–Crippen LogP) is 2.50. The van der Waals surface area contributed by atoms with E-state index in [0.29, 0.717) is 5.02 Å². The molecule has 0 spiro atoms. The molecule has 126 valence electrons. The van der Waals surface area contributed by atoms with Crippen molar-refractivity contribution >= 4 is 23.6 Å². The maximum Gasteiger partial charge on any atom is 0.243 e. The summed E-state index contributed by atoms with van der Waals surface area (Å²) in [4.78, 5) is 16.7. The Balaban J connectivity index is 1.59. The Morgan fingerprint density at radius 1 is 1.17 bits per heavy atom. The van der Waals surface area contributed by atoms with Crippen LogP contribution < -0.4 is 5.32 Å². The first-order valence-electron chi connectivity index (χ1n) is 8.33. The van der Waals surface area contributed by atoms with E-state index in [-0.39, 0.29) is 5.91 Å². The zero-order valence-corrected chi connectivity index (χ0v) is 14.6. The van der Waals surface area contributed by atoms with Crippen molar-refractivity contribution in [1.29, 1.82) is 0 Å². The van der Waals surface area contributed by atoms with Crippen LogP contribution in [0, 0.1) is 0 Å². The number of rotatable bonds is 7. The van der Waals surface area contributed by atoms with Gasteiger partial charge in [-0.25, -0.2) is 0 Å². The van der Waals surface area contributed by atoms with Gasteiger partial charge >= 0.3 is 0 Å². The van der Waals surface area contributed by atoms with Crippen LogP contribution >= 0.6 is 11.6 Å². The molecule has 1 fully saturated rings. The highest BCUT2D eigenvalue weighted by atomic mass is 35.5. The molecule has 1 aliphatic heterocycles. The third-order valence-electron chi connectivity index (χ3n) is 4.16. The molecule has 23 heavy (non-hydrogen) atoms. The van der Waals surface area contributed by atoms with Crippen LogP contribution in [0.1, 0.15) is 18.9 Å². The zero-order valence-electron chi connectivity index (χ0n) is 13.8. The maximum atomic E-state index is 11.8. The molecule has 0 radical (unpaired) electrons. The van der Waals surface area contributed by atoms with Crippen molar-refractivity contribution in [2.45, 2.75) is 13.3 Å². The molecular formula is C18H26ClN3O. The van der Waals surface area contributed by atoms with Gasteiger partial charge in [0.05, 0.1) is 0 Å². The van der Waals surface area contributed by atoms with E-state index < -0.39 is 0 Å². The number of halogens is 1. The Bertz CT molecular complexity index is 508. The highest BCUT2D eigenvalue weighted by Crippen LogP contribution is 2.10. The second-order valence-corrected chi connectivity index (χ2v) is 6.24. The van der Waals surface area contributed by atoms with Crippen LogP contribution in [-0.2, 0) is 4.79 Å². The number of hydrogen-bond donors (Lipinski definition) is 1. The van der Waals surface area contributed by atoms with Gasteiger partial charge in [-0.1, -0.05) is 30.7 Å². The average Bonchev–Trinajstić information content (AvgIpc) is 2.59. The van der Waals surface area contributed by atoms with Crippen molar-refractivity contribution in [3.05, 3.63) is 40.9 Å². The average molecular weight is 336 g/mol. The summed E-state index contributed by atoms with van der Waals surface area (Å²) >= 11 is 5.83. The number of likely N-dealkylation sites (N-methyl/N-ethyl adjacent to an activating group) is 1. The van der Waals surface area contributed by atoms with E-state index in [1.165, 1.54) is 0 Å². The van der Waals surface area contributed by atoms with Crippen molar-refractivity contribution < 1.29 is 4.79 Å². The molecule has 0 unspecified atom stereocenters. The van der Waals surface area contributed by atoms with Crippen molar-refractivity contribution in [3.8, 4) is 0 Å². The molecule has 1 aliphatic rings. The smallest absolute Gasteiger partial charge is 0.243 e. The molecule has 5 heteroatoms. The molecule has 2 rings (SSSR count). The molecule has 0 bridgehead atoms. The number of piperazine rings is 1. The molecule has 0 saturated carbocycles. The molecule has 1 saturated heterocycles. The topological polar surface area (TPSA) is 35.6 Å². The molecule has 1 aromatic rings. The summed E-state index contributed by atoms with van der Waals surface area (Å²) in [5.74, 6) is -0.0456. The summed E-state index contributed by atoms with van der Waals surface area (Å²) in [6.45, 7) is 9.72. The van der Waals surface area contributed by atoms with Crippen LogP contribution in [-0.4, -0.2) is 61.5 Å². The lowest BCUT2D eigenvalue weighted by Gasteiger charge is -2.33. The van der Waals surface area contributed by atoms with Crippen LogP contribution in [0.5, 0.6) is 0 Å². The lowest BCUT2D eigenvalue weighted by molar-refractivity contribution is -0.116. The summed E-state index contributed by atoms with van der Waals surface area (Å²) in [5, 5.41) is 3.64. The zero-order chi connectivity index (χ0) is 16.5. The summed E-state index contributed by atoms with van der Waals surface area (Å²) < 4.78 is 0. The summed E-state index contributed by atoms with van der Waals surface area (Å²) in [6.07, 6.45) is 4.37. The lowest BCUT2D eigenvalue weighted by Crippen LogP contribution is -2.46. The van der Waals surface area contributed by atoms with E-state index in [4.69, 9.17) is 11.6 Å². The van der Waals surface area contributed by atoms with Gasteiger partial charge in [-0.3, -0.25) is 4.79 Å². The number of benzene rings is 1. The van der Waals surface area contributed by atoms with E-state index in [9.17, 15) is 4.79 Å². The highest BCUT2D eigenvalue weighted by Gasteiger charge is 2.14. The summed E-state index contributed by atoms with van der Waals surface area (Å²) in [5.41, 5.74) is 0.971. The largest absolute Gasteiger partial charge is 0.353 e. The number of amides is 1. The molecule has 1 aromatic carbocycles. The third kappa shape index (κ3) is 6.73. The fourth-order valence-corrected chi connectivity index (χ4v) is 2.77. The molecule has 1 heterocycles. The molecule has 0 aromatic heterocycles. The van der Waals surface area contributed by atoms with Gasteiger partial charge in [0, 0.05) is 43.8 Å². The first kappa shape index (κ1) is 18.0. The minimum Gasteiger partial charge on any atom is -0.353 e. The molecule has 1 N–H and O–H groups in total. The minimum absolute atomic E-state index is 0.0456. The van der Waals surface area contributed by atoms with Gasteiger partial charge in [-0.15, -0.1) is 0 Å². The van der Waals surface area contributed by atoms with Gasteiger partial charge in [-0.2, -0.15) is 0 Å². The van der Waals surface area contributed by atoms with E-state index >= 15 is 0 Å². The van der Waals surface area contributed by atoms with Crippen molar-refractivity contribution in [2.75, 3.05) is 45.8 Å². The SMILES string of the molecule is CCN1CCN(CCCNC(=O)/C=C/c2ccc(Cl)cc2)CC1. The predicted molar refractivity (Wildman–Crippen MR) is 96.7 cm³/mol. The summed E-state index contributed by atoms with van der Waals surface area (Å²) in [6, 6.07) is 7.42. The van der Waals surface area contributed by atoms with Gasteiger partial charge in [0.15, 0.2) is 0 Å². The Morgan fingerprint density at radius 2 is 1.83 bits per heavy atom. The monoisotopic (exact) mass is 335 g/mol. The fourth-order valence-electron chi connectivity index (χ4n) is 2.65. The van der Waals surface area contributed by atoms with Crippen molar-refractivity contribution in [2.24, 2.45) is 0 Å². The Hall–Kier alpha value is -1.36. The summed E-state index contributed by atoms with van der Waals surface area (Å²) in [7, 11) is 0.